The van der Waals surface area contributed by atoms with Crippen molar-refractivity contribution in [1.82, 2.24) is 4.98 Å². The van der Waals surface area contributed by atoms with E-state index >= 15 is 0 Å². The van der Waals surface area contributed by atoms with Crippen molar-refractivity contribution in [2.24, 2.45) is 11.7 Å². The molecule has 1 aliphatic carbocycles. The first-order valence-corrected chi connectivity index (χ1v) is 8.58. The van der Waals surface area contributed by atoms with Crippen molar-refractivity contribution in [3.63, 3.8) is 0 Å². The number of carbonyl (C=O) groups excluding carboxylic acids is 1. The highest BCUT2D eigenvalue weighted by atomic mass is 35.5. The van der Waals surface area contributed by atoms with Gasteiger partial charge in [0, 0.05) is 26.0 Å². The molecule has 1 heterocycles. The number of hydrogen-bond acceptors (Lipinski definition) is 5. The molecule has 1 saturated carbocycles. The number of nitrogens with zero attached hydrogens (tertiary/aromatic N) is 2. The Labute approximate surface area is 152 Å². The van der Waals surface area contributed by atoms with Crippen molar-refractivity contribution in [2.75, 3.05) is 25.2 Å². The van der Waals surface area contributed by atoms with E-state index in [0.717, 1.165) is 12.8 Å². The summed E-state index contributed by atoms with van der Waals surface area (Å²) in [4.78, 5) is 17.4. The summed E-state index contributed by atoms with van der Waals surface area (Å²) in [6, 6.07) is 1.53. The number of aliphatic hydroxyl groups is 1. The highest BCUT2D eigenvalue weighted by Crippen LogP contribution is 2.37. The molecule has 1 aliphatic rings. The smallest absolute Gasteiger partial charge is 0.252 e. The van der Waals surface area contributed by atoms with Gasteiger partial charge >= 0.3 is 0 Å². The molecule has 1 fully saturated rings. The predicted molar refractivity (Wildman–Crippen MR) is 94.7 cm³/mol. The number of ether oxygens (including phenoxy) is 1. The second-order valence-electron chi connectivity index (χ2n) is 7.11. The van der Waals surface area contributed by atoms with Crippen LogP contribution >= 0.6 is 11.6 Å². The molecule has 1 amide bonds. The quantitative estimate of drug-likeness (QED) is 0.682. The first kappa shape index (κ1) is 19.9. The van der Waals surface area contributed by atoms with Gasteiger partial charge in [0.25, 0.3) is 5.91 Å². The Morgan fingerprint density at radius 1 is 1.60 bits per heavy atom. The van der Waals surface area contributed by atoms with Gasteiger partial charge in [0.15, 0.2) is 0 Å². The molecule has 25 heavy (non-hydrogen) atoms. The fourth-order valence-electron chi connectivity index (χ4n) is 3.01. The lowest BCUT2D eigenvalue weighted by atomic mass is 9.79. The van der Waals surface area contributed by atoms with E-state index in [1.54, 1.807) is 12.0 Å². The minimum absolute atomic E-state index is 0.0114. The van der Waals surface area contributed by atoms with Crippen molar-refractivity contribution in [1.29, 1.82) is 0 Å². The van der Waals surface area contributed by atoms with Crippen LogP contribution in [0.25, 0.3) is 0 Å². The summed E-state index contributed by atoms with van der Waals surface area (Å²) in [7, 11) is 1.64. The van der Waals surface area contributed by atoms with Gasteiger partial charge in [-0.15, -0.1) is 0 Å². The van der Waals surface area contributed by atoms with Gasteiger partial charge in [-0.05, 0) is 38.7 Å². The SMILES string of the molecule is COCC1CC(N(C[C@@H](F)C(C)(C)O)c2cc(Cl)ncc2C(N)=O)C1. The van der Waals surface area contributed by atoms with E-state index in [4.69, 9.17) is 22.1 Å². The number of nitrogens with two attached hydrogens (primary N) is 1. The fourth-order valence-corrected chi connectivity index (χ4v) is 3.17. The number of rotatable bonds is 8. The lowest BCUT2D eigenvalue weighted by Crippen LogP contribution is -2.52. The highest BCUT2D eigenvalue weighted by Gasteiger charge is 2.38. The molecule has 1 aromatic rings. The van der Waals surface area contributed by atoms with E-state index in [1.165, 1.54) is 26.1 Å². The summed E-state index contributed by atoms with van der Waals surface area (Å²) >= 11 is 5.98. The van der Waals surface area contributed by atoms with Gasteiger partial charge in [0.05, 0.1) is 23.4 Å². The maximum atomic E-state index is 14.6. The van der Waals surface area contributed by atoms with Gasteiger partial charge in [0.2, 0.25) is 0 Å². The Balaban J connectivity index is 2.32. The first-order chi connectivity index (χ1) is 11.6. The summed E-state index contributed by atoms with van der Waals surface area (Å²) in [6.45, 7) is 3.39. The number of amides is 1. The average molecular weight is 374 g/mol. The summed E-state index contributed by atoms with van der Waals surface area (Å²) in [5.41, 5.74) is 4.57. The summed E-state index contributed by atoms with van der Waals surface area (Å²) in [5, 5.41) is 10.2. The third-order valence-electron chi connectivity index (χ3n) is 4.60. The van der Waals surface area contributed by atoms with E-state index < -0.39 is 17.7 Å². The fraction of sp³-hybridized carbons (Fsp3) is 0.647. The van der Waals surface area contributed by atoms with Gasteiger partial charge in [-0.3, -0.25) is 4.79 Å². The molecular formula is C17H25ClFN3O3. The first-order valence-electron chi connectivity index (χ1n) is 8.20. The summed E-state index contributed by atoms with van der Waals surface area (Å²) in [6.07, 6.45) is 1.38. The molecule has 0 radical (unpaired) electrons. The minimum atomic E-state index is -1.51. The Bertz CT molecular complexity index is 618. The number of carbonyl (C=O) groups is 1. The van der Waals surface area contributed by atoms with Crippen molar-refractivity contribution in [2.45, 2.75) is 44.5 Å². The Kier molecular flexibility index (Phi) is 6.24. The van der Waals surface area contributed by atoms with Crippen molar-refractivity contribution < 1.29 is 19.0 Å². The molecule has 1 atom stereocenters. The van der Waals surface area contributed by atoms with Crippen LogP contribution in [0.15, 0.2) is 12.3 Å². The molecular weight excluding hydrogens is 349 g/mol. The third kappa shape index (κ3) is 4.80. The van der Waals surface area contributed by atoms with E-state index in [-0.39, 0.29) is 23.3 Å². The van der Waals surface area contributed by atoms with Crippen LogP contribution in [0.5, 0.6) is 0 Å². The molecule has 0 unspecified atom stereocenters. The Hall–Kier alpha value is -1.44. The highest BCUT2D eigenvalue weighted by molar-refractivity contribution is 6.29. The Morgan fingerprint density at radius 2 is 2.24 bits per heavy atom. The molecule has 8 heteroatoms. The van der Waals surface area contributed by atoms with Crippen LogP contribution < -0.4 is 10.6 Å². The Morgan fingerprint density at radius 3 is 2.76 bits per heavy atom. The van der Waals surface area contributed by atoms with E-state index in [0.29, 0.717) is 18.2 Å². The molecule has 140 valence electrons. The largest absolute Gasteiger partial charge is 0.387 e. The lowest BCUT2D eigenvalue weighted by molar-refractivity contribution is -0.00215. The lowest BCUT2D eigenvalue weighted by Gasteiger charge is -2.45. The zero-order valence-electron chi connectivity index (χ0n) is 14.7. The molecule has 6 nitrogen and oxygen atoms in total. The molecule has 3 N–H and O–H groups in total. The normalized spacial score (nSPS) is 21.5. The number of methoxy groups -OCH3 is 1. The topological polar surface area (TPSA) is 88.7 Å². The molecule has 1 aromatic heterocycles. The molecule has 0 aliphatic heterocycles. The van der Waals surface area contributed by atoms with Crippen LogP contribution in [0, 0.1) is 5.92 Å². The molecule has 2 rings (SSSR count). The second-order valence-corrected chi connectivity index (χ2v) is 7.50. The zero-order chi connectivity index (χ0) is 18.8. The number of aromatic nitrogens is 1. The monoisotopic (exact) mass is 373 g/mol. The number of primary amides is 1. The van der Waals surface area contributed by atoms with Gasteiger partial charge < -0.3 is 20.5 Å². The van der Waals surface area contributed by atoms with Crippen LogP contribution in [-0.4, -0.2) is 54.1 Å². The van der Waals surface area contributed by atoms with Gasteiger partial charge in [-0.1, -0.05) is 11.6 Å². The number of anilines is 1. The minimum Gasteiger partial charge on any atom is -0.387 e. The maximum Gasteiger partial charge on any atom is 0.252 e. The molecule has 0 bridgehead atoms. The van der Waals surface area contributed by atoms with Gasteiger partial charge in [-0.2, -0.15) is 0 Å². The summed E-state index contributed by atoms with van der Waals surface area (Å²) in [5.74, 6) is -0.275. The van der Waals surface area contributed by atoms with Crippen molar-refractivity contribution in [3.8, 4) is 0 Å². The van der Waals surface area contributed by atoms with Crippen LogP contribution in [-0.2, 0) is 4.74 Å². The summed E-state index contributed by atoms with van der Waals surface area (Å²) < 4.78 is 19.7. The number of hydrogen-bond donors (Lipinski definition) is 2. The maximum absolute atomic E-state index is 14.6. The van der Waals surface area contributed by atoms with Crippen LogP contribution in [0.2, 0.25) is 5.15 Å². The van der Waals surface area contributed by atoms with Gasteiger partial charge in [-0.25, -0.2) is 9.37 Å². The standard InChI is InChI=1S/C17H25ClFN3O3/c1-17(2,24)14(19)8-22(11-4-10(5-11)9-25-3)13-6-15(18)21-7-12(13)16(20)23/h6-7,10-11,14,24H,4-5,8-9H2,1-3H3,(H2,20,23)/t10?,11?,14-/m1/s1. The second kappa shape index (κ2) is 7.85. The molecule has 0 spiro atoms. The van der Waals surface area contributed by atoms with Crippen molar-refractivity contribution >= 4 is 23.2 Å². The van der Waals surface area contributed by atoms with Gasteiger partial charge in [0.1, 0.15) is 11.3 Å². The number of halogens is 2. The number of alkyl halides is 1. The van der Waals surface area contributed by atoms with E-state index in [2.05, 4.69) is 4.98 Å². The van der Waals surface area contributed by atoms with Crippen LogP contribution in [0.4, 0.5) is 10.1 Å². The predicted octanol–water partition coefficient (Wildman–Crippen LogP) is 2.17. The number of pyridine rings is 1. The van der Waals surface area contributed by atoms with Crippen LogP contribution in [0.1, 0.15) is 37.0 Å². The third-order valence-corrected chi connectivity index (χ3v) is 4.81. The average Bonchev–Trinajstić information content (AvgIpc) is 2.47. The van der Waals surface area contributed by atoms with E-state index in [1.807, 2.05) is 0 Å². The van der Waals surface area contributed by atoms with Crippen LogP contribution in [0.3, 0.4) is 0 Å². The molecule has 0 aromatic carbocycles. The van der Waals surface area contributed by atoms with Crippen molar-refractivity contribution in [3.05, 3.63) is 23.0 Å². The zero-order valence-corrected chi connectivity index (χ0v) is 15.5. The van der Waals surface area contributed by atoms with E-state index in [9.17, 15) is 14.3 Å². The molecule has 0 saturated heterocycles.